The first-order valence-corrected chi connectivity index (χ1v) is 12.4. The standard InChI is InChI=1S/C27H31N9O3.2ClH/c1-15(28)30-7-9-32-25(37)17-3-5-21-18(11-17)13-24(36-21)27(39)34-20-4-6-22-19(12-20)14-23(35-22)26(38)33-10-8-31-16(2)29;;/h3-6,11-14,35-36H,7-10H2,1-2H3,(H2,28,30)(H2,29,31)(H,32,37)(H,33,38)(H,34,39);2*1H. The van der Waals surface area contributed by atoms with E-state index in [1.807, 2.05) is 0 Å². The smallest absolute Gasteiger partial charge is 0.272 e. The van der Waals surface area contributed by atoms with E-state index in [1.54, 1.807) is 62.4 Å². The summed E-state index contributed by atoms with van der Waals surface area (Å²) in [5.74, 6) is 0.0956. The van der Waals surface area contributed by atoms with Crippen LogP contribution in [0.1, 0.15) is 45.2 Å². The number of H-pyrrole nitrogens is 2. The summed E-state index contributed by atoms with van der Waals surface area (Å²) < 4.78 is 0. The minimum atomic E-state index is -0.337. The largest absolute Gasteiger partial charge is 0.388 e. The van der Waals surface area contributed by atoms with E-state index in [0.717, 1.165) is 21.8 Å². The summed E-state index contributed by atoms with van der Waals surface area (Å²) in [6.07, 6.45) is 0. The number of rotatable bonds is 10. The number of halogens is 2. The Morgan fingerprint density at radius 2 is 1.22 bits per heavy atom. The van der Waals surface area contributed by atoms with Crippen molar-refractivity contribution in [3.05, 3.63) is 65.5 Å². The molecule has 0 aliphatic rings. The highest BCUT2D eigenvalue weighted by molar-refractivity contribution is 6.08. The quantitative estimate of drug-likeness (QED) is 0.0831. The monoisotopic (exact) mass is 601 g/mol. The minimum absolute atomic E-state index is 0. The number of carbonyl (C=O) groups is 3. The molecular weight excluding hydrogens is 569 g/mol. The second kappa shape index (κ2) is 14.7. The van der Waals surface area contributed by atoms with Crippen LogP contribution in [0.3, 0.4) is 0 Å². The average molecular weight is 603 g/mol. The van der Waals surface area contributed by atoms with Crippen LogP contribution >= 0.6 is 24.8 Å². The van der Waals surface area contributed by atoms with Crippen molar-refractivity contribution in [3.63, 3.8) is 0 Å². The van der Waals surface area contributed by atoms with Gasteiger partial charge < -0.3 is 37.4 Å². The van der Waals surface area contributed by atoms with Gasteiger partial charge in [0.1, 0.15) is 11.4 Å². The SMILES string of the molecule is CC(N)=NCCNC(=O)c1ccc2[nH]c(C(=O)Nc3ccc4[nH]c(C(=O)NCCN=C(C)N)cc4c3)cc2c1.Cl.Cl. The van der Waals surface area contributed by atoms with Gasteiger partial charge in [0.05, 0.1) is 24.8 Å². The molecule has 2 heterocycles. The van der Waals surface area contributed by atoms with Crippen molar-refractivity contribution in [2.24, 2.45) is 21.5 Å². The molecule has 0 atom stereocenters. The molecule has 14 heteroatoms. The number of carbonyl (C=O) groups excluding carboxylic acids is 3. The first kappa shape index (κ1) is 32.7. The highest BCUT2D eigenvalue weighted by Gasteiger charge is 2.14. The zero-order valence-corrected chi connectivity index (χ0v) is 24.2. The molecule has 2 aromatic heterocycles. The molecule has 4 aromatic rings. The number of amidine groups is 2. The Hall–Kier alpha value is -4.55. The lowest BCUT2D eigenvalue weighted by Gasteiger charge is -2.03. The molecule has 2 aromatic carbocycles. The summed E-state index contributed by atoms with van der Waals surface area (Å²) in [4.78, 5) is 52.0. The van der Waals surface area contributed by atoms with Gasteiger partial charge in [0.15, 0.2) is 0 Å². The summed E-state index contributed by atoms with van der Waals surface area (Å²) in [6.45, 7) is 4.91. The molecule has 0 fully saturated rings. The molecule has 0 saturated heterocycles. The zero-order valence-electron chi connectivity index (χ0n) is 22.5. The second-order valence-electron chi connectivity index (χ2n) is 8.98. The molecular formula is C27H33Cl2N9O3. The number of aromatic nitrogens is 2. The van der Waals surface area contributed by atoms with Crippen molar-refractivity contribution in [1.82, 2.24) is 20.6 Å². The van der Waals surface area contributed by atoms with E-state index in [9.17, 15) is 14.4 Å². The molecule has 4 rings (SSSR count). The number of benzene rings is 2. The van der Waals surface area contributed by atoms with Gasteiger partial charge in [-0.2, -0.15) is 0 Å². The summed E-state index contributed by atoms with van der Waals surface area (Å²) >= 11 is 0. The van der Waals surface area contributed by atoms with Crippen LogP contribution in [0, 0.1) is 0 Å². The number of hydrogen-bond donors (Lipinski definition) is 7. The Bertz CT molecular complexity index is 1600. The molecule has 41 heavy (non-hydrogen) atoms. The molecule has 0 aliphatic carbocycles. The van der Waals surface area contributed by atoms with Gasteiger partial charge in [0, 0.05) is 46.1 Å². The number of hydrogen-bond acceptors (Lipinski definition) is 5. The van der Waals surface area contributed by atoms with Crippen LogP contribution in [-0.2, 0) is 0 Å². The van der Waals surface area contributed by atoms with Crippen LogP contribution in [0.2, 0.25) is 0 Å². The van der Waals surface area contributed by atoms with Crippen molar-refractivity contribution in [1.29, 1.82) is 0 Å². The maximum atomic E-state index is 12.9. The number of fused-ring (bicyclic) bond motifs is 2. The molecule has 218 valence electrons. The third-order valence-electron chi connectivity index (χ3n) is 5.77. The van der Waals surface area contributed by atoms with Crippen molar-refractivity contribution >= 4 is 81.7 Å². The van der Waals surface area contributed by atoms with E-state index in [-0.39, 0.29) is 42.5 Å². The Kier molecular flexibility index (Phi) is 11.7. The summed E-state index contributed by atoms with van der Waals surface area (Å²) in [6, 6.07) is 13.9. The van der Waals surface area contributed by atoms with Crippen LogP contribution in [-0.4, -0.2) is 65.5 Å². The van der Waals surface area contributed by atoms with Crippen LogP contribution in [0.25, 0.3) is 21.8 Å². The Labute approximate surface area is 248 Å². The number of aliphatic imine (C=N–C) groups is 2. The van der Waals surface area contributed by atoms with E-state index in [1.165, 1.54) is 0 Å². The molecule has 0 radical (unpaired) electrons. The Balaban J connectivity index is 0.00000294. The molecule has 3 amide bonds. The molecule has 0 saturated carbocycles. The Morgan fingerprint density at radius 1 is 0.707 bits per heavy atom. The minimum Gasteiger partial charge on any atom is -0.388 e. The van der Waals surface area contributed by atoms with Gasteiger partial charge in [-0.1, -0.05) is 0 Å². The molecule has 0 spiro atoms. The number of aromatic amines is 2. The third kappa shape index (κ3) is 8.72. The normalized spacial score (nSPS) is 11.5. The van der Waals surface area contributed by atoms with Crippen molar-refractivity contribution in [3.8, 4) is 0 Å². The van der Waals surface area contributed by atoms with E-state index < -0.39 is 0 Å². The van der Waals surface area contributed by atoms with Gasteiger partial charge in [-0.3, -0.25) is 24.4 Å². The molecule has 12 nitrogen and oxygen atoms in total. The van der Waals surface area contributed by atoms with Crippen LogP contribution in [0.5, 0.6) is 0 Å². The fourth-order valence-corrected chi connectivity index (χ4v) is 3.93. The highest BCUT2D eigenvalue weighted by atomic mass is 35.5. The van der Waals surface area contributed by atoms with Crippen LogP contribution in [0.4, 0.5) is 5.69 Å². The lowest BCUT2D eigenvalue weighted by Crippen LogP contribution is -2.26. The summed E-state index contributed by atoms with van der Waals surface area (Å²) in [5.41, 5.74) is 14.3. The van der Waals surface area contributed by atoms with Crippen LogP contribution in [0.15, 0.2) is 58.5 Å². The van der Waals surface area contributed by atoms with Gasteiger partial charge in [0.25, 0.3) is 17.7 Å². The van der Waals surface area contributed by atoms with Gasteiger partial charge in [-0.25, -0.2) is 0 Å². The summed E-state index contributed by atoms with van der Waals surface area (Å²) in [7, 11) is 0. The van der Waals surface area contributed by atoms with Gasteiger partial charge in [0.2, 0.25) is 0 Å². The second-order valence-corrected chi connectivity index (χ2v) is 8.98. The van der Waals surface area contributed by atoms with Crippen LogP contribution < -0.4 is 27.4 Å². The topological polar surface area (TPSA) is 196 Å². The fourth-order valence-electron chi connectivity index (χ4n) is 3.93. The number of nitrogens with two attached hydrogens (primary N) is 2. The predicted molar refractivity (Wildman–Crippen MR) is 168 cm³/mol. The first-order valence-electron chi connectivity index (χ1n) is 12.4. The van der Waals surface area contributed by atoms with E-state index in [0.29, 0.717) is 60.5 Å². The third-order valence-corrected chi connectivity index (χ3v) is 5.77. The Morgan fingerprint density at radius 3 is 1.80 bits per heavy atom. The van der Waals surface area contributed by atoms with E-state index >= 15 is 0 Å². The lowest BCUT2D eigenvalue weighted by atomic mass is 10.1. The van der Waals surface area contributed by atoms with E-state index in [4.69, 9.17) is 11.5 Å². The molecule has 9 N–H and O–H groups in total. The maximum Gasteiger partial charge on any atom is 0.272 e. The highest BCUT2D eigenvalue weighted by Crippen LogP contribution is 2.22. The predicted octanol–water partition coefficient (Wildman–Crippen LogP) is 2.96. The number of nitrogens with one attached hydrogen (secondary N) is 5. The van der Waals surface area contributed by atoms with Gasteiger partial charge in [-0.15, -0.1) is 24.8 Å². The van der Waals surface area contributed by atoms with Crippen molar-refractivity contribution < 1.29 is 14.4 Å². The summed E-state index contributed by atoms with van der Waals surface area (Å²) in [5, 5.41) is 9.95. The molecule has 0 bridgehead atoms. The van der Waals surface area contributed by atoms with E-state index in [2.05, 4.69) is 35.9 Å². The first-order chi connectivity index (χ1) is 18.7. The van der Waals surface area contributed by atoms with Gasteiger partial charge >= 0.3 is 0 Å². The fraction of sp³-hybridized carbons (Fsp3) is 0.222. The van der Waals surface area contributed by atoms with Crippen molar-refractivity contribution in [2.75, 3.05) is 31.5 Å². The van der Waals surface area contributed by atoms with Gasteiger partial charge in [-0.05, 0) is 62.4 Å². The number of amides is 3. The molecule has 0 aliphatic heterocycles. The number of anilines is 1. The maximum absolute atomic E-state index is 12.9. The lowest BCUT2D eigenvalue weighted by molar-refractivity contribution is 0.0944. The average Bonchev–Trinajstić information content (AvgIpc) is 3.52. The molecule has 0 unspecified atom stereocenters. The zero-order chi connectivity index (χ0) is 27.9. The van der Waals surface area contributed by atoms with Crippen molar-refractivity contribution in [2.45, 2.75) is 13.8 Å². The number of nitrogens with zero attached hydrogens (tertiary/aromatic N) is 2.